The molecule has 22 heavy (non-hydrogen) atoms. The molecule has 0 saturated heterocycles. The summed E-state index contributed by atoms with van der Waals surface area (Å²) in [5.74, 6) is 5.66. The van der Waals surface area contributed by atoms with Crippen molar-refractivity contribution in [3.8, 4) is 11.8 Å². The summed E-state index contributed by atoms with van der Waals surface area (Å²) in [6.07, 6.45) is 2.07. The van der Waals surface area contributed by atoms with E-state index in [-0.39, 0.29) is 25.8 Å². The zero-order valence-electron chi connectivity index (χ0n) is 13.4. The van der Waals surface area contributed by atoms with Gasteiger partial charge in [0.05, 0.1) is 25.7 Å². The second-order valence-corrected chi connectivity index (χ2v) is 3.93. The van der Waals surface area contributed by atoms with Gasteiger partial charge in [0.1, 0.15) is 26.4 Å². The number of hydrogen-bond acceptors (Lipinski definition) is 6. The van der Waals surface area contributed by atoms with E-state index in [0.29, 0.717) is 26.4 Å². The van der Waals surface area contributed by atoms with Crippen molar-refractivity contribution in [2.45, 2.75) is 26.4 Å². The van der Waals surface area contributed by atoms with Crippen molar-refractivity contribution in [2.24, 2.45) is 0 Å². The van der Waals surface area contributed by atoms with Gasteiger partial charge in [0.2, 0.25) is 0 Å². The summed E-state index contributed by atoms with van der Waals surface area (Å²) >= 11 is 0. The summed E-state index contributed by atoms with van der Waals surface area (Å²) in [5, 5.41) is 0. The monoisotopic (exact) mass is 314 g/mol. The fraction of sp³-hybridized carbons (Fsp3) is 0.625. The predicted molar refractivity (Wildman–Crippen MR) is 82.8 cm³/mol. The van der Waals surface area contributed by atoms with Crippen LogP contribution in [0, 0.1) is 11.8 Å². The Morgan fingerprint density at radius 3 is 1.50 bits per heavy atom. The zero-order valence-corrected chi connectivity index (χ0v) is 13.4. The first-order valence-electron chi connectivity index (χ1n) is 7.07. The molecule has 0 aromatic carbocycles. The maximum Gasteiger partial charge on any atom is 0.156 e. The van der Waals surface area contributed by atoms with Crippen molar-refractivity contribution in [1.29, 1.82) is 0 Å². The predicted octanol–water partition coefficient (Wildman–Crippen LogP) is 2.07. The number of ether oxygens (including phenoxy) is 6. The van der Waals surface area contributed by atoms with Crippen LogP contribution in [0.3, 0.4) is 0 Å². The molecule has 0 bridgehead atoms. The van der Waals surface area contributed by atoms with E-state index in [4.69, 9.17) is 28.4 Å². The molecule has 0 spiro atoms. The van der Waals surface area contributed by atoms with Crippen LogP contribution < -0.4 is 0 Å². The Hall–Kier alpha value is -1.52. The van der Waals surface area contributed by atoms with Crippen molar-refractivity contribution < 1.29 is 28.4 Å². The molecular formula is C16H26O6. The minimum absolute atomic E-state index is 0.273. The second kappa shape index (κ2) is 15.9. The molecule has 2 unspecified atom stereocenters. The molecule has 6 nitrogen and oxygen atoms in total. The summed E-state index contributed by atoms with van der Waals surface area (Å²) < 4.78 is 31.1. The lowest BCUT2D eigenvalue weighted by Crippen LogP contribution is -2.16. The Labute approximate surface area is 133 Å². The van der Waals surface area contributed by atoms with Crippen molar-refractivity contribution >= 4 is 0 Å². The van der Waals surface area contributed by atoms with Gasteiger partial charge in [0, 0.05) is 0 Å². The Kier molecular flexibility index (Phi) is 14.8. The topological polar surface area (TPSA) is 55.4 Å². The van der Waals surface area contributed by atoms with Crippen molar-refractivity contribution in [3.05, 3.63) is 25.7 Å². The summed E-state index contributed by atoms with van der Waals surface area (Å²) in [4.78, 5) is 0. The highest BCUT2D eigenvalue weighted by Crippen LogP contribution is 1.94. The smallest absolute Gasteiger partial charge is 0.156 e. The molecule has 2 atom stereocenters. The molecule has 0 aromatic heterocycles. The van der Waals surface area contributed by atoms with Gasteiger partial charge < -0.3 is 28.4 Å². The van der Waals surface area contributed by atoms with Crippen LogP contribution in [0.5, 0.6) is 0 Å². The van der Waals surface area contributed by atoms with Crippen LogP contribution in [0.2, 0.25) is 0 Å². The normalized spacial score (nSPS) is 12.6. The van der Waals surface area contributed by atoms with E-state index in [1.165, 1.54) is 12.5 Å². The fourth-order valence-electron chi connectivity index (χ4n) is 1.21. The molecule has 0 amide bonds. The van der Waals surface area contributed by atoms with Gasteiger partial charge in [-0.3, -0.25) is 0 Å². The van der Waals surface area contributed by atoms with Gasteiger partial charge in [0.15, 0.2) is 12.6 Å². The Morgan fingerprint density at radius 1 is 0.727 bits per heavy atom. The highest BCUT2D eigenvalue weighted by atomic mass is 16.7. The van der Waals surface area contributed by atoms with Gasteiger partial charge in [0.25, 0.3) is 0 Å². The van der Waals surface area contributed by atoms with Crippen LogP contribution in [-0.2, 0) is 28.4 Å². The fourth-order valence-corrected chi connectivity index (χ4v) is 1.21. The third-order valence-corrected chi connectivity index (χ3v) is 2.25. The standard InChI is InChI=1S/C16H26O6/c1-5-17-11-13-21-15(3)19-9-7-8-10-20-16(4)22-14-12-18-6-2/h5-6,15-16H,1-2,9-14H2,3-4H3. The van der Waals surface area contributed by atoms with Crippen LogP contribution >= 0.6 is 0 Å². The molecule has 0 aliphatic rings. The van der Waals surface area contributed by atoms with Gasteiger partial charge in [-0.05, 0) is 13.8 Å². The van der Waals surface area contributed by atoms with Gasteiger partial charge in [-0.15, -0.1) is 0 Å². The second-order valence-electron chi connectivity index (χ2n) is 3.93. The van der Waals surface area contributed by atoms with Crippen LogP contribution in [-0.4, -0.2) is 52.2 Å². The average molecular weight is 314 g/mol. The first-order valence-corrected chi connectivity index (χ1v) is 7.07. The zero-order chi connectivity index (χ0) is 16.5. The lowest BCUT2D eigenvalue weighted by atomic mass is 10.6. The molecule has 0 N–H and O–H groups in total. The molecule has 0 aromatic rings. The minimum atomic E-state index is -0.337. The third-order valence-electron chi connectivity index (χ3n) is 2.25. The van der Waals surface area contributed by atoms with E-state index < -0.39 is 0 Å². The molecule has 6 heteroatoms. The molecule has 0 aliphatic carbocycles. The van der Waals surface area contributed by atoms with Crippen LogP contribution in [0.1, 0.15) is 13.8 Å². The third kappa shape index (κ3) is 14.9. The van der Waals surface area contributed by atoms with Crippen molar-refractivity contribution in [2.75, 3.05) is 39.6 Å². The van der Waals surface area contributed by atoms with Gasteiger partial charge in [-0.1, -0.05) is 25.0 Å². The van der Waals surface area contributed by atoms with Crippen molar-refractivity contribution in [3.63, 3.8) is 0 Å². The van der Waals surface area contributed by atoms with Crippen LogP contribution in [0.25, 0.3) is 0 Å². The summed E-state index contributed by atoms with van der Waals surface area (Å²) in [6.45, 7) is 12.8. The maximum absolute atomic E-state index is 5.33. The lowest BCUT2D eigenvalue weighted by molar-refractivity contribution is -0.129. The first kappa shape index (κ1) is 20.5. The molecular weight excluding hydrogens is 288 g/mol. The SMILES string of the molecule is C=COCCOC(C)OCC#CCOC(C)OCCOC=C. The lowest BCUT2D eigenvalue weighted by Gasteiger charge is -2.12. The van der Waals surface area contributed by atoms with E-state index in [9.17, 15) is 0 Å². The number of hydrogen-bond donors (Lipinski definition) is 0. The Morgan fingerprint density at radius 2 is 1.14 bits per heavy atom. The maximum atomic E-state index is 5.33. The molecule has 0 aliphatic heterocycles. The molecule has 0 radical (unpaired) electrons. The van der Waals surface area contributed by atoms with Crippen LogP contribution in [0.4, 0.5) is 0 Å². The average Bonchev–Trinajstić information content (AvgIpc) is 2.51. The molecule has 0 fully saturated rings. The Balaban J connectivity index is 3.47. The van der Waals surface area contributed by atoms with E-state index in [1.54, 1.807) is 13.8 Å². The molecule has 0 rings (SSSR count). The number of rotatable bonds is 14. The summed E-state index contributed by atoms with van der Waals surface area (Å²) in [5.41, 5.74) is 0. The highest BCUT2D eigenvalue weighted by Gasteiger charge is 2.01. The summed E-state index contributed by atoms with van der Waals surface area (Å²) in [6, 6.07) is 0. The van der Waals surface area contributed by atoms with E-state index >= 15 is 0 Å². The van der Waals surface area contributed by atoms with Gasteiger partial charge in [-0.25, -0.2) is 0 Å². The van der Waals surface area contributed by atoms with Gasteiger partial charge in [-0.2, -0.15) is 0 Å². The minimum Gasteiger partial charge on any atom is -0.499 e. The highest BCUT2D eigenvalue weighted by molar-refractivity contribution is 4.99. The van der Waals surface area contributed by atoms with E-state index in [1.807, 2.05) is 0 Å². The van der Waals surface area contributed by atoms with Crippen molar-refractivity contribution in [1.82, 2.24) is 0 Å². The van der Waals surface area contributed by atoms with Gasteiger partial charge >= 0.3 is 0 Å². The van der Waals surface area contributed by atoms with E-state index in [2.05, 4.69) is 25.0 Å². The largest absolute Gasteiger partial charge is 0.499 e. The molecule has 126 valence electrons. The van der Waals surface area contributed by atoms with E-state index in [0.717, 1.165) is 0 Å². The molecule has 0 saturated carbocycles. The Bertz CT molecular complexity index is 303. The molecule has 0 heterocycles. The van der Waals surface area contributed by atoms with Crippen LogP contribution in [0.15, 0.2) is 25.7 Å². The summed E-state index contributed by atoms with van der Waals surface area (Å²) in [7, 11) is 0. The first-order chi connectivity index (χ1) is 10.7. The quantitative estimate of drug-likeness (QED) is 0.212.